The lowest BCUT2D eigenvalue weighted by Crippen LogP contribution is -2.68. The zero-order valence-corrected chi connectivity index (χ0v) is 10.3. The molecule has 1 aliphatic heterocycles. The average Bonchev–Trinajstić information content (AvgIpc) is 2.90. The number of aromatic nitrogens is 1. The smallest absolute Gasteiger partial charge is 0.178 e. The summed E-state index contributed by atoms with van der Waals surface area (Å²) in [6.07, 6.45) is 2.60. The molecule has 6 nitrogen and oxygen atoms in total. The summed E-state index contributed by atoms with van der Waals surface area (Å²) in [5.41, 5.74) is 2.63. The summed E-state index contributed by atoms with van der Waals surface area (Å²) in [5.74, 6) is 0. The quantitative estimate of drug-likeness (QED) is 0.402. The van der Waals surface area contributed by atoms with Crippen molar-refractivity contribution in [2.24, 2.45) is 0 Å². The van der Waals surface area contributed by atoms with E-state index in [0.717, 1.165) is 13.2 Å². The van der Waals surface area contributed by atoms with Gasteiger partial charge >= 0.3 is 0 Å². The number of aryl methyl sites for hydroxylation is 2. The molecule has 0 amide bonds. The Morgan fingerprint density at radius 2 is 1.88 bits per heavy atom. The largest absolute Gasteiger partial charge is 0.366 e. The van der Waals surface area contributed by atoms with Crippen LogP contribution < -0.4 is 23.2 Å². The highest BCUT2D eigenvalue weighted by atomic mass is 35.7. The second-order valence-electron chi connectivity index (χ2n) is 3.83. The minimum atomic E-state index is -4.94. The van der Waals surface area contributed by atoms with Gasteiger partial charge < -0.3 is 4.74 Å². The molecule has 1 fully saturated rings. The summed E-state index contributed by atoms with van der Waals surface area (Å²) in [5, 5.41) is 0. The number of epoxide rings is 1. The molecule has 0 saturated carbocycles. The SMILES string of the molecule is Cc1cc[n+](CC2CO2)c(C)c1.[O-][Cl+3]([O-])([O-])[O-]. The van der Waals surface area contributed by atoms with Gasteiger partial charge in [0.05, 0.1) is 6.61 Å². The van der Waals surface area contributed by atoms with E-state index >= 15 is 0 Å². The van der Waals surface area contributed by atoms with Crippen molar-refractivity contribution in [3.8, 4) is 0 Å². The fourth-order valence-electron chi connectivity index (χ4n) is 1.38. The van der Waals surface area contributed by atoms with Gasteiger partial charge in [-0.2, -0.15) is 4.57 Å². The van der Waals surface area contributed by atoms with Gasteiger partial charge in [-0.3, -0.25) is 0 Å². The van der Waals surface area contributed by atoms with Gasteiger partial charge in [0.15, 0.2) is 18.4 Å². The van der Waals surface area contributed by atoms with Crippen molar-refractivity contribution in [2.45, 2.75) is 26.5 Å². The first-order valence-corrected chi connectivity index (χ1v) is 6.19. The third-order valence-electron chi connectivity index (χ3n) is 2.21. The minimum absolute atomic E-state index is 0.469. The first kappa shape index (κ1) is 14.3. The van der Waals surface area contributed by atoms with E-state index in [9.17, 15) is 0 Å². The fraction of sp³-hybridized carbons (Fsp3) is 0.500. The van der Waals surface area contributed by atoms with Gasteiger partial charge in [0.2, 0.25) is 0 Å². The molecular weight excluding hydrogens is 250 g/mol. The highest BCUT2D eigenvalue weighted by Crippen LogP contribution is 2.08. The molecule has 1 aliphatic rings. The molecule has 0 aromatic carbocycles. The van der Waals surface area contributed by atoms with Gasteiger partial charge in [-0.1, -0.05) is 0 Å². The van der Waals surface area contributed by atoms with Crippen molar-refractivity contribution in [1.82, 2.24) is 0 Å². The number of rotatable bonds is 2. The maximum absolute atomic E-state index is 8.49. The molecule has 0 radical (unpaired) electrons. The Bertz CT molecular complexity index is 369. The van der Waals surface area contributed by atoms with E-state index in [4.69, 9.17) is 23.4 Å². The van der Waals surface area contributed by atoms with E-state index in [1.165, 1.54) is 11.3 Å². The number of nitrogens with zero attached hydrogens (tertiary/aromatic N) is 1. The van der Waals surface area contributed by atoms with E-state index in [2.05, 4.69) is 36.7 Å². The zero-order valence-electron chi connectivity index (χ0n) is 9.59. The molecule has 7 heteroatoms. The van der Waals surface area contributed by atoms with Crippen LogP contribution in [0.15, 0.2) is 18.3 Å². The number of halogens is 1. The van der Waals surface area contributed by atoms with Gasteiger partial charge in [0, 0.05) is 19.1 Å². The third-order valence-corrected chi connectivity index (χ3v) is 2.21. The molecule has 2 heterocycles. The molecule has 0 N–H and O–H groups in total. The molecule has 0 aliphatic carbocycles. The van der Waals surface area contributed by atoms with Crippen LogP contribution >= 0.6 is 0 Å². The van der Waals surface area contributed by atoms with Crippen LogP contribution in [0.5, 0.6) is 0 Å². The standard InChI is InChI=1S/C10H14NO.ClHO4/c1-8-3-4-11(9(2)5-8)6-10-7-12-10;2-1(3,4)5/h3-5,10H,6-7H2,1-2H3;(H,2,3,4,5)/q+1;/p-1. The maximum atomic E-state index is 8.49. The zero-order chi connectivity index (χ0) is 13.1. The van der Waals surface area contributed by atoms with Crippen LogP contribution in [0.25, 0.3) is 0 Å². The summed E-state index contributed by atoms with van der Waals surface area (Å²) in [6, 6.07) is 4.33. The van der Waals surface area contributed by atoms with Crippen molar-refractivity contribution < 1.29 is 38.2 Å². The molecular formula is C10H14ClNO5. The van der Waals surface area contributed by atoms with Crippen LogP contribution in [0, 0.1) is 24.1 Å². The predicted octanol–water partition coefficient (Wildman–Crippen LogP) is -3.77. The highest BCUT2D eigenvalue weighted by Gasteiger charge is 2.27. The van der Waals surface area contributed by atoms with Crippen LogP contribution in [-0.4, -0.2) is 12.7 Å². The maximum Gasteiger partial charge on any atom is 0.178 e. The first-order valence-electron chi connectivity index (χ1n) is 4.96. The van der Waals surface area contributed by atoms with Gasteiger partial charge in [-0.05, 0) is 12.5 Å². The summed E-state index contributed by atoms with van der Waals surface area (Å²) in [4.78, 5) is 0. The molecule has 2 rings (SSSR count). The van der Waals surface area contributed by atoms with Crippen molar-refractivity contribution in [3.05, 3.63) is 29.6 Å². The lowest BCUT2D eigenvalue weighted by Gasteiger charge is -2.17. The van der Waals surface area contributed by atoms with E-state index in [1.54, 1.807) is 0 Å². The Morgan fingerprint density at radius 3 is 2.29 bits per heavy atom. The summed E-state index contributed by atoms with van der Waals surface area (Å²) in [6.45, 7) is 6.19. The summed E-state index contributed by atoms with van der Waals surface area (Å²) < 4.78 is 41.4. The third kappa shape index (κ3) is 7.22. The molecule has 17 heavy (non-hydrogen) atoms. The second kappa shape index (κ2) is 5.72. The molecule has 0 bridgehead atoms. The minimum Gasteiger partial charge on any atom is -0.366 e. The van der Waals surface area contributed by atoms with Gasteiger partial charge in [0.25, 0.3) is 0 Å². The summed E-state index contributed by atoms with van der Waals surface area (Å²) in [7, 11) is -4.94. The fourth-order valence-corrected chi connectivity index (χ4v) is 1.38. The lowest BCUT2D eigenvalue weighted by molar-refractivity contribution is -2.00. The number of ether oxygens (including phenoxy) is 1. The second-order valence-corrected chi connectivity index (χ2v) is 4.59. The van der Waals surface area contributed by atoms with Crippen LogP contribution in [0.4, 0.5) is 0 Å². The van der Waals surface area contributed by atoms with Crippen LogP contribution in [0.2, 0.25) is 0 Å². The molecule has 1 aromatic heterocycles. The Hall–Kier alpha value is -0.760. The lowest BCUT2D eigenvalue weighted by atomic mass is 10.2. The molecule has 1 atom stereocenters. The predicted molar refractivity (Wildman–Crippen MR) is 45.9 cm³/mol. The van der Waals surface area contributed by atoms with Gasteiger partial charge in [0.1, 0.15) is 6.10 Å². The molecule has 1 aromatic rings. The van der Waals surface area contributed by atoms with Crippen LogP contribution in [0.1, 0.15) is 11.3 Å². The van der Waals surface area contributed by atoms with Crippen molar-refractivity contribution >= 4 is 0 Å². The van der Waals surface area contributed by atoms with Crippen molar-refractivity contribution in [2.75, 3.05) is 6.61 Å². The Morgan fingerprint density at radius 1 is 1.35 bits per heavy atom. The topological polar surface area (TPSA) is 109 Å². The number of pyridine rings is 1. The van der Waals surface area contributed by atoms with E-state index in [-0.39, 0.29) is 0 Å². The highest BCUT2D eigenvalue weighted by molar-refractivity contribution is 5.08. The molecule has 1 unspecified atom stereocenters. The van der Waals surface area contributed by atoms with Gasteiger partial charge in [-0.25, -0.2) is 18.6 Å². The monoisotopic (exact) mass is 263 g/mol. The molecule has 96 valence electrons. The van der Waals surface area contributed by atoms with E-state index in [1.807, 2.05) is 0 Å². The summed E-state index contributed by atoms with van der Waals surface area (Å²) >= 11 is 0. The molecule has 0 spiro atoms. The van der Waals surface area contributed by atoms with Crippen molar-refractivity contribution in [3.63, 3.8) is 0 Å². The van der Waals surface area contributed by atoms with Crippen LogP contribution in [-0.2, 0) is 11.3 Å². The average molecular weight is 264 g/mol. The van der Waals surface area contributed by atoms with E-state index in [0.29, 0.717) is 6.10 Å². The Kier molecular flexibility index (Phi) is 4.81. The number of hydrogen-bond acceptors (Lipinski definition) is 5. The van der Waals surface area contributed by atoms with Crippen LogP contribution in [0.3, 0.4) is 0 Å². The van der Waals surface area contributed by atoms with E-state index < -0.39 is 10.2 Å². The molecule has 1 saturated heterocycles. The first-order chi connectivity index (χ1) is 7.75. The number of hydrogen-bond donors (Lipinski definition) is 0. The Balaban J connectivity index is 0.000000249. The van der Waals surface area contributed by atoms with Gasteiger partial charge in [-0.15, -0.1) is 10.2 Å². The normalized spacial score (nSPS) is 18.4. The Labute approximate surface area is 101 Å². The van der Waals surface area contributed by atoms with Crippen molar-refractivity contribution in [1.29, 1.82) is 0 Å².